The van der Waals surface area contributed by atoms with Crippen LogP contribution in [0.15, 0.2) is 18.2 Å². The molecule has 11 heteroatoms. The number of methoxy groups -OCH3 is 1. The molecule has 0 N–H and O–H groups in total. The number of ether oxygens (including phenoxy) is 1. The Labute approximate surface area is 99.8 Å². The zero-order chi connectivity index (χ0) is 12.9. The van der Waals surface area contributed by atoms with Crippen molar-refractivity contribution in [3.05, 3.63) is 28.3 Å². The molecule has 3 fully saturated rings. The molecule has 10 nitrogen and oxygen atoms in total. The van der Waals surface area contributed by atoms with Crippen LogP contribution in [0, 0.1) is 10.1 Å². The summed E-state index contributed by atoms with van der Waals surface area (Å²) in [6, 6.07) is 4.04. The lowest BCUT2D eigenvalue weighted by atomic mass is 10.2. The summed E-state index contributed by atoms with van der Waals surface area (Å²) in [5.74, 6) is 0.306. The van der Waals surface area contributed by atoms with Gasteiger partial charge in [-0.2, -0.15) is 0 Å². The predicted molar refractivity (Wildman–Crippen MR) is 54.8 cm³/mol. The Hall–Kier alpha value is -1.71. The maximum Gasteiger partial charge on any atom is 0.538 e. The van der Waals surface area contributed by atoms with E-state index in [4.69, 9.17) is 9.36 Å². The number of hydrogen-bond donors (Lipinski definition) is 0. The van der Waals surface area contributed by atoms with E-state index >= 15 is 0 Å². The van der Waals surface area contributed by atoms with Gasteiger partial charge < -0.3 is 4.74 Å². The number of fused-ring (bicyclic) bond motifs is 1. The van der Waals surface area contributed by atoms with Gasteiger partial charge in [-0.15, -0.1) is 19.0 Å². The first-order chi connectivity index (χ1) is 8.52. The minimum absolute atomic E-state index is 0.0102. The van der Waals surface area contributed by atoms with E-state index in [1.54, 1.807) is 0 Å². The molecular weight excluding hydrogens is 269 g/mol. The summed E-state index contributed by atoms with van der Waals surface area (Å²) in [6.07, 6.45) is 0. The van der Waals surface area contributed by atoms with Crippen molar-refractivity contribution >= 4 is 19.2 Å². The minimum Gasteiger partial charge on any atom is -0.496 e. The molecule has 0 aliphatic carbocycles. The minimum atomic E-state index is -3.59. The van der Waals surface area contributed by atoms with Crippen molar-refractivity contribution in [2.75, 3.05) is 12.3 Å². The molecule has 1 aromatic rings. The summed E-state index contributed by atoms with van der Waals surface area (Å²) in [4.78, 5) is 10.3. The molecule has 3 heterocycles. The van der Waals surface area contributed by atoms with Crippen molar-refractivity contribution < 1.29 is 28.1 Å². The van der Waals surface area contributed by atoms with Gasteiger partial charge in [-0.25, -0.2) is 4.57 Å². The fourth-order valence-corrected chi connectivity index (χ4v) is 2.35. The number of hydrogen-bond acceptors (Lipinski definition) is 9. The Morgan fingerprint density at radius 1 is 1.39 bits per heavy atom. The van der Waals surface area contributed by atoms with E-state index in [1.165, 1.54) is 25.3 Å². The topological polar surface area (TPSA) is 104 Å². The van der Waals surface area contributed by atoms with Gasteiger partial charge in [0.2, 0.25) is 0 Å². The fourth-order valence-electron chi connectivity index (χ4n) is 1.47. The van der Waals surface area contributed by atoms with Crippen LogP contribution in [0.3, 0.4) is 0 Å². The van der Waals surface area contributed by atoms with Crippen LogP contribution in [-0.4, -0.2) is 17.4 Å². The van der Waals surface area contributed by atoms with Crippen molar-refractivity contribution in [3.63, 3.8) is 0 Å². The number of rotatable bonds is 3. The highest BCUT2D eigenvalue weighted by molar-refractivity contribution is 7.49. The highest BCUT2D eigenvalue weighted by Gasteiger charge is 2.61. The normalized spacial score (nSPS) is 28.9. The number of hydrazine groups is 1. The van der Waals surface area contributed by atoms with Gasteiger partial charge in [0.1, 0.15) is 5.75 Å². The molecule has 0 amide bonds. The lowest BCUT2D eigenvalue weighted by Gasteiger charge is -2.21. The molecule has 18 heavy (non-hydrogen) atoms. The number of benzene rings is 1. The molecule has 0 aromatic heterocycles. The molecule has 0 atom stereocenters. The van der Waals surface area contributed by atoms with E-state index in [2.05, 4.69) is 9.25 Å². The molecule has 96 valence electrons. The molecule has 3 aliphatic rings. The van der Waals surface area contributed by atoms with E-state index in [0.29, 0.717) is 11.1 Å². The molecule has 0 radical (unpaired) electrons. The Morgan fingerprint density at radius 3 is 2.61 bits per heavy atom. The molecule has 0 unspecified atom stereocenters. The zero-order valence-corrected chi connectivity index (χ0v) is 9.77. The van der Waals surface area contributed by atoms with Crippen molar-refractivity contribution in [1.29, 1.82) is 0 Å². The third-order valence-electron chi connectivity index (χ3n) is 2.25. The van der Waals surface area contributed by atoms with Crippen LogP contribution < -0.4 is 9.91 Å². The van der Waals surface area contributed by atoms with E-state index in [0.717, 1.165) is 5.17 Å². The summed E-state index contributed by atoms with van der Waals surface area (Å²) in [6.45, 7) is 0. The number of anilines is 1. The number of nitro groups is 1. The zero-order valence-electron chi connectivity index (χ0n) is 8.88. The highest BCUT2D eigenvalue weighted by Crippen LogP contribution is 2.67. The second-order valence-electron chi connectivity index (χ2n) is 3.31. The third-order valence-corrected chi connectivity index (χ3v) is 3.28. The van der Waals surface area contributed by atoms with Crippen molar-refractivity contribution in [1.82, 2.24) is 5.34 Å². The summed E-state index contributed by atoms with van der Waals surface area (Å²) < 4.78 is 30.2. The van der Waals surface area contributed by atoms with Gasteiger partial charge in [0.25, 0.3) is 5.69 Å². The standard InChI is InChI=1S/C7H6N3O7P/c1-14-5-2-3-6(7(4-5)9(11)12)8-10-16-18(13,15-8)17-10/h2-4H,1H3. The number of nitro benzene ring substituents is 1. The molecule has 0 saturated carbocycles. The van der Waals surface area contributed by atoms with Crippen LogP contribution in [-0.2, 0) is 18.4 Å². The predicted octanol–water partition coefficient (Wildman–Crippen LogP) is 1.56. The van der Waals surface area contributed by atoms with Crippen LogP contribution in [0.1, 0.15) is 0 Å². The molecule has 3 saturated heterocycles. The van der Waals surface area contributed by atoms with Crippen LogP contribution in [0.5, 0.6) is 5.75 Å². The summed E-state index contributed by atoms with van der Waals surface area (Å²) in [5, 5.41) is 12.4. The molecule has 0 spiro atoms. The van der Waals surface area contributed by atoms with E-state index < -0.39 is 12.7 Å². The second kappa shape index (κ2) is 3.64. The monoisotopic (exact) mass is 275 g/mol. The average Bonchev–Trinajstić information content (AvgIpc) is 2.81. The summed E-state index contributed by atoms with van der Waals surface area (Å²) in [5.41, 5.74) is -0.294. The molecule has 2 bridgehead atoms. The quantitative estimate of drug-likeness (QED) is 0.461. The van der Waals surface area contributed by atoms with Crippen molar-refractivity contribution in [3.8, 4) is 5.75 Å². The molecule has 1 aromatic carbocycles. The highest BCUT2D eigenvalue weighted by atomic mass is 31.2. The Bertz CT molecular complexity index is 568. The largest absolute Gasteiger partial charge is 0.538 e. The van der Waals surface area contributed by atoms with Gasteiger partial charge in [0.05, 0.1) is 23.4 Å². The SMILES string of the molecule is COc1ccc(N2OP3(=O)ON2O3)c([N+](=O)[O-])c1. The fraction of sp³-hybridized carbons (Fsp3) is 0.143. The van der Waals surface area contributed by atoms with E-state index in [9.17, 15) is 14.7 Å². The first-order valence-corrected chi connectivity index (χ1v) is 6.10. The second-order valence-corrected chi connectivity index (χ2v) is 4.70. The van der Waals surface area contributed by atoms with Gasteiger partial charge in [-0.05, 0) is 12.1 Å². The number of nitrogens with zero attached hydrogens (tertiary/aromatic N) is 3. The van der Waals surface area contributed by atoms with Crippen LogP contribution in [0.4, 0.5) is 11.4 Å². The first kappa shape index (κ1) is 11.4. The lowest BCUT2D eigenvalue weighted by Crippen LogP contribution is -2.34. The van der Waals surface area contributed by atoms with E-state index in [1.807, 2.05) is 0 Å². The third kappa shape index (κ3) is 1.55. The summed E-state index contributed by atoms with van der Waals surface area (Å²) in [7, 11) is -2.21. The molecule has 4 rings (SSSR count). The average molecular weight is 275 g/mol. The summed E-state index contributed by atoms with van der Waals surface area (Å²) >= 11 is 0. The number of phosphoric acid groups is 1. The Kier molecular flexibility index (Phi) is 2.30. The lowest BCUT2D eigenvalue weighted by molar-refractivity contribution is -0.385. The first-order valence-electron chi connectivity index (χ1n) is 4.64. The Morgan fingerprint density at radius 2 is 2.11 bits per heavy atom. The molecular formula is C7H6N3O7P. The van der Waals surface area contributed by atoms with E-state index in [-0.39, 0.29) is 11.4 Å². The van der Waals surface area contributed by atoms with Crippen molar-refractivity contribution in [2.45, 2.75) is 0 Å². The maximum atomic E-state index is 11.3. The van der Waals surface area contributed by atoms with Gasteiger partial charge in [-0.1, -0.05) is 0 Å². The van der Waals surface area contributed by atoms with Gasteiger partial charge in [-0.3, -0.25) is 10.1 Å². The van der Waals surface area contributed by atoms with Crippen LogP contribution in [0.2, 0.25) is 0 Å². The van der Waals surface area contributed by atoms with Crippen molar-refractivity contribution in [2.24, 2.45) is 0 Å². The van der Waals surface area contributed by atoms with Crippen LogP contribution in [0.25, 0.3) is 0 Å². The molecule has 3 aliphatic heterocycles. The smallest absolute Gasteiger partial charge is 0.496 e. The Balaban J connectivity index is 2.02. The maximum absolute atomic E-state index is 11.3. The van der Waals surface area contributed by atoms with Gasteiger partial charge in [0, 0.05) is 0 Å². The van der Waals surface area contributed by atoms with Crippen LogP contribution >= 0.6 is 7.82 Å². The van der Waals surface area contributed by atoms with Gasteiger partial charge >= 0.3 is 7.82 Å². The van der Waals surface area contributed by atoms with Gasteiger partial charge in [0.15, 0.2) is 5.69 Å².